The topological polar surface area (TPSA) is 125 Å². The molecule has 2 bridgehead atoms. The summed E-state index contributed by atoms with van der Waals surface area (Å²) in [5.41, 5.74) is 5.24. The monoisotopic (exact) mass is 368 g/mol. The Bertz CT molecular complexity index is 426. The molecule has 1 aromatic rings. The van der Waals surface area contributed by atoms with Crippen molar-refractivity contribution in [3.05, 3.63) is 11.6 Å². The van der Waals surface area contributed by atoms with Crippen LogP contribution in [0.25, 0.3) is 0 Å². The molecule has 3 N–H and O–H groups in total. The molecule has 2 atom stereocenters. The Balaban J connectivity index is 0.000000153. The zero-order valence-corrected chi connectivity index (χ0v) is 11.6. The van der Waals surface area contributed by atoms with E-state index in [-0.39, 0.29) is 0 Å². The van der Waals surface area contributed by atoms with Crippen LogP contribution in [-0.4, -0.2) is 45.6 Å². The number of aromatic nitrogens is 1. The van der Waals surface area contributed by atoms with Gasteiger partial charge in [-0.15, -0.1) is 0 Å². The van der Waals surface area contributed by atoms with Gasteiger partial charge in [0.05, 0.1) is 6.20 Å². The third-order valence-corrected chi connectivity index (χ3v) is 5.65. The Morgan fingerprint density at radius 1 is 1.59 bits per heavy atom. The minimum atomic E-state index is -2.84. The molecule has 17 heavy (non-hydrogen) atoms. The average Bonchev–Trinajstić information content (AvgIpc) is 2.93. The third-order valence-electron chi connectivity index (χ3n) is 1.79. The van der Waals surface area contributed by atoms with Gasteiger partial charge in [0.15, 0.2) is 0 Å². The van der Waals surface area contributed by atoms with Crippen LogP contribution in [0.3, 0.4) is 0 Å². The van der Waals surface area contributed by atoms with E-state index in [2.05, 4.69) is 8.00 Å². The van der Waals surface area contributed by atoms with Crippen molar-refractivity contribution in [3.8, 4) is 0 Å². The number of hydrogen-bond donors (Lipinski definition) is 1. The molecule has 92 valence electrons. The number of carbonyl (C=O) groups is 2. The fourth-order valence-corrected chi connectivity index (χ4v) is 4.78. The normalized spacial score (nSPS) is 26.2. The number of carbonyl (C=O) groups excluding carboxylic acids is 2. The number of nitrogens with two attached hydrogens (primary N) is 1. The van der Waals surface area contributed by atoms with Gasteiger partial charge in [-0.05, 0) is 0 Å². The molecule has 0 radical (unpaired) electrons. The zero-order chi connectivity index (χ0) is 12.4. The van der Waals surface area contributed by atoms with E-state index in [1.807, 2.05) is 5.38 Å². The summed E-state index contributed by atoms with van der Waals surface area (Å²) in [5, 5.41) is 12.9. The standard InChI is InChI=1S/C4H4O6.C3H4N2S.Sb/c5-1(3(7)8)2(6)4(9)10;4-3-5-1-2-6-3;/h1-2H,(H,7,8)(H,9,10);1-2H,(H2,4,5);/q-2;;+3/p-1. The number of nitrogen functional groups attached to an aromatic ring is 1. The molecular formula is C7H7N2O6SSb. The van der Waals surface area contributed by atoms with Crippen LogP contribution in [0.5, 0.6) is 0 Å². The van der Waals surface area contributed by atoms with Crippen LogP contribution in [0.1, 0.15) is 0 Å². The molecular weight excluding hydrogens is 362 g/mol. The number of rotatable bonds is 1. The van der Waals surface area contributed by atoms with Crippen molar-refractivity contribution in [1.82, 2.24) is 0 Å². The molecule has 10 heteroatoms. The molecule has 0 saturated carbocycles. The number of nitrogens with one attached hydrogen (secondary N) is 1. The quantitative estimate of drug-likeness (QED) is 0.531. The van der Waals surface area contributed by atoms with Crippen LogP contribution in [0.4, 0.5) is 5.13 Å². The van der Waals surface area contributed by atoms with Crippen molar-refractivity contribution < 1.29 is 28.7 Å². The first-order chi connectivity index (χ1) is 8.08. The number of anilines is 1. The predicted molar refractivity (Wildman–Crippen MR) is 51.9 cm³/mol. The Labute approximate surface area is 108 Å². The molecule has 0 aromatic carbocycles. The van der Waals surface area contributed by atoms with Crippen molar-refractivity contribution in [2.24, 2.45) is 0 Å². The molecule has 0 aliphatic carbocycles. The van der Waals surface area contributed by atoms with E-state index in [1.165, 1.54) is 11.3 Å². The molecule has 3 heterocycles. The van der Waals surface area contributed by atoms with Gasteiger partial charge in [-0.3, -0.25) is 5.73 Å². The van der Waals surface area contributed by atoms with Gasteiger partial charge in [0.2, 0.25) is 0 Å². The molecule has 2 saturated heterocycles. The number of fused-ring (bicyclic) bond motifs is 2. The second kappa shape index (κ2) is 5.17. The maximum atomic E-state index is 10.7. The Kier molecular flexibility index (Phi) is 3.82. The summed E-state index contributed by atoms with van der Waals surface area (Å²) in [5.74, 6) is -2.05. The van der Waals surface area contributed by atoms with Gasteiger partial charge < -0.3 is 0 Å². The van der Waals surface area contributed by atoms with Crippen LogP contribution in [0.2, 0.25) is 0 Å². The number of carboxylic acids is 1. The van der Waals surface area contributed by atoms with Crippen molar-refractivity contribution in [2.45, 2.75) is 12.2 Å². The zero-order valence-electron chi connectivity index (χ0n) is 8.19. The Morgan fingerprint density at radius 2 is 2.35 bits per heavy atom. The SMILES string of the molecule is Nc1[nH+]ccs1.O=C([O-])C1[O][Sb]2[O]C(=O)C1[O]2. The van der Waals surface area contributed by atoms with Crippen LogP contribution < -0.4 is 15.8 Å². The molecule has 2 fully saturated rings. The molecule has 0 spiro atoms. The molecule has 2 aliphatic heterocycles. The van der Waals surface area contributed by atoms with Gasteiger partial charge in [0.1, 0.15) is 0 Å². The fourth-order valence-electron chi connectivity index (χ4n) is 1.08. The summed E-state index contributed by atoms with van der Waals surface area (Å²) < 4.78 is 14.1. The van der Waals surface area contributed by atoms with E-state index >= 15 is 0 Å². The van der Waals surface area contributed by atoms with Crippen LogP contribution in [0.15, 0.2) is 11.6 Å². The van der Waals surface area contributed by atoms with Crippen LogP contribution in [0, 0.1) is 0 Å². The first-order valence-corrected chi connectivity index (χ1v) is 8.35. The number of H-pyrrole nitrogens is 1. The Morgan fingerprint density at radius 3 is 2.65 bits per heavy atom. The van der Waals surface area contributed by atoms with Gasteiger partial charge in [0, 0.05) is 5.38 Å². The number of aromatic amines is 1. The van der Waals surface area contributed by atoms with E-state index in [9.17, 15) is 14.7 Å². The van der Waals surface area contributed by atoms with Crippen molar-refractivity contribution in [1.29, 1.82) is 0 Å². The molecule has 3 rings (SSSR count). The van der Waals surface area contributed by atoms with Crippen LogP contribution >= 0.6 is 11.3 Å². The molecule has 2 aliphatic rings. The van der Waals surface area contributed by atoms with Gasteiger partial charge in [-0.2, -0.15) is 0 Å². The van der Waals surface area contributed by atoms with Crippen molar-refractivity contribution >= 4 is 49.9 Å². The predicted octanol–water partition coefficient (Wildman–Crippen LogP) is -2.79. The first kappa shape index (κ1) is 12.6. The fraction of sp³-hybridized carbons (Fsp3) is 0.286. The van der Waals surface area contributed by atoms with E-state index in [0.717, 1.165) is 5.13 Å². The van der Waals surface area contributed by atoms with Gasteiger partial charge in [0.25, 0.3) is 0 Å². The second-order valence-corrected chi connectivity index (χ2v) is 6.88. The summed E-state index contributed by atoms with van der Waals surface area (Å²) in [6.07, 6.45) is -0.498. The summed E-state index contributed by atoms with van der Waals surface area (Å²) in [4.78, 5) is 23.7. The third kappa shape index (κ3) is 2.86. The molecule has 0 amide bonds. The van der Waals surface area contributed by atoms with Gasteiger partial charge >= 0.3 is 74.5 Å². The van der Waals surface area contributed by atoms with Crippen LogP contribution in [-0.2, 0) is 18.6 Å². The average molecular weight is 369 g/mol. The number of thiazole rings is 1. The number of hydrogen-bond acceptors (Lipinski definition) is 8. The number of aliphatic carboxylic acids is 1. The first-order valence-electron chi connectivity index (χ1n) is 4.35. The second-order valence-electron chi connectivity index (χ2n) is 2.93. The van der Waals surface area contributed by atoms with Gasteiger partial charge in [-0.25, -0.2) is 4.98 Å². The summed E-state index contributed by atoms with van der Waals surface area (Å²) in [6.45, 7) is 0. The minimum absolute atomic E-state index is 0.631. The summed E-state index contributed by atoms with van der Waals surface area (Å²) >= 11 is -1.34. The maximum absolute atomic E-state index is 10.7. The molecule has 2 unspecified atom stereocenters. The molecule has 8 nitrogen and oxygen atoms in total. The molecule has 1 aromatic heterocycles. The van der Waals surface area contributed by atoms with E-state index < -0.39 is 45.6 Å². The number of carboxylic acid groups (broad SMARTS) is 1. The van der Waals surface area contributed by atoms with E-state index in [4.69, 9.17) is 11.8 Å². The Hall–Kier alpha value is -0.892. The van der Waals surface area contributed by atoms with E-state index in [1.54, 1.807) is 6.20 Å². The summed E-state index contributed by atoms with van der Waals surface area (Å²) in [6, 6.07) is 0. The summed E-state index contributed by atoms with van der Waals surface area (Å²) in [7, 11) is 0. The van der Waals surface area contributed by atoms with E-state index in [0.29, 0.717) is 0 Å². The van der Waals surface area contributed by atoms with Crippen molar-refractivity contribution in [2.75, 3.05) is 5.73 Å². The van der Waals surface area contributed by atoms with Crippen molar-refractivity contribution in [3.63, 3.8) is 0 Å². The van der Waals surface area contributed by atoms with Gasteiger partial charge in [-0.1, -0.05) is 11.3 Å².